The van der Waals surface area contributed by atoms with Gasteiger partial charge in [0, 0.05) is 17.1 Å². The van der Waals surface area contributed by atoms with Crippen molar-refractivity contribution in [2.45, 2.75) is 10.8 Å². The second-order valence-corrected chi connectivity index (χ2v) is 8.87. The van der Waals surface area contributed by atoms with Crippen molar-refractivity contribution in [3.8, 4) is 10.6 Å². The molecule has 0 bridgehead atoms. The van der Waals surface area contributed by atoms with E-state index in [1.807, 2.05) is 24.3 Å². The lowest BCUT2D eigenvalue weighted by Gasteiger charge is -2.05. The van der Waals surface area contributed by atoms with Crippen molar-refractivity contribution >= 4 is 37.3 Å². The molecule has 3 rings (SSSR count). The van der Waals surface area contributed by atoms with E-state index in [0.29, 0.717) is 10.6 Å². The summed E-state index contributed by atoms with van der Waals surface area (Å²) in [5.41, 5.74) is 1.07. The number of hydrogen-bond donors (Lipinski definition) is 2. The Morgan fingerprint density at radius 2 is 2.00 bits per heavy atom. The zero-order valence-corrected chi connectivity index (χ0v) is 15.4. The third kappa shape index (κ3) is 3.99. The Bertz CT molecular complexity index is 1010. The van der Waals surface area contributed by atoms with Gasteiger partial charge in [0.05, 0.1) is 4.88 Å². The van der Waals surface area contributed by atoms with Crippen LogP contribution in [-0.2, 0) is 16.6 Å². The Morgan fingerprint density at radius 1 is 1.17 bits per heavy atom. The topological polar surface area (TPSA) is 91.9 Å². The van der Waals surface area contributed by atoms with Gasteiger partial charge in [-0.15, -0.1) is 11.3 Å². The van der Waals surface area contributed by atoms with Crippen molar-refractivity contribution < 1.29 is 8.42 Å². The Morgan fingerprint density at radius 3 is 2.71 bits per heavy atom. The number of sulfonamides is 1. The van der Waals surface area contributed by atoms with Gasteiger partial charge in [-0.3, -0.25) is 4.79 Å². The van der Waals surface area contributed by atoms with Crippen LogP contribution in [0.2, 0.25) is 0 Å². The Kier molecular flexibility index (Phi) is 4.95. The van der Waals surface area contributed by atoms with Gasteiger partial charge in [-0.1, -0.05) is 28.1 Å². The van der Waals surface area contributed by atoms with E-state index in [9.17, 15) is 13.2 Å². The van der Waals surface area contributed by atoms with E-state index in [1.54, 1.807) is 12.1 Å². The van der Waals surface area contributed by atoms with Crippen LogP contribution in [0.15, 0.2) is 62.0 Å². The maximum atomic E-state index is 12.4. The minimum absolute atomic E-state index is 0.195. The van der Waals surface area contributed by atoms with E-state index in [-0.39, 0.29) is 16.3 Å². The van der Waals surface area contributed by atoms with Gasteiger partial charge in [0.1, 0.15) is 9.90 Å². The highest BCUT2D eigenvalue weighted by molar-refractivity contribution is 9.10. The Hall–Kier alpha value is -1.81. The third-order valence-corrected chi connectivity index (χ3v) is 6.63. The zero-order valence-electron chi connectivity index (χ0n) is 12.2. The number of halogens is 1. The average molecular weight is 426 g/mol. The predicted molar refractivity (Wildman–Crippen MR) is 96.3 cm³/mol. The molecule has 0 aliphatic heterocycles. The number of rotatable bonds is 5. The quantitative estimate of drug-likeness (QED) is 0.657. The first-order valence-corrected chi connectivity index (χ1v) is 9.93. The van der Waals surface area contributed by atoms with Crippen molar-refractivity contribution in [1.29, 1.82) is 0 Å². The van der Waals surface area contributed by atoms with E-state index in [4.69, 9.17) is 0 Å². The Labute approximate surface area is 150 Å². The molecule has 0 amide bonds. The van der Waals surface area contributed by atoms with E-state index in [1.165, 1.54) is 12.1 Å². The highest BCUT2D eigenvalue weighted by Gasteiger charge is 2.17. The van der Waals surface area contributed by atoms with Crippen molar-refractivity contribution in [3.63, 3.8) is 0 Å². The molecular formula is C15H12BrN3O3S2. The summed E-state index contributed by atoms with van der Waals surface area (Å²) in [6, 6.07) is 13.5. The second kappa shape index (κ2) is 6.98. The van der Waals surface area contributed by atoms with Crippen molar-refractivity contribution in [1.82, 2.24) is 14.9 Å². The third-order valence-electron chi connectivity index (χ3n) is 3.13. The predicted octanol–water partition coefficient (Wildman–Crippen LogP) is 2.74. The van der Waals surface area contributed by atoms with Gasteiger partial charge >= 0.3 is 0 Å². The summed E-state index contributed by atoms with van der Waals surface area (Å²) in [6.07, 6.45) is 0. The molecule has 2 N–H and O–H groups in total. The molecule has 0 unspecified atom stereocenters. The normalized spacial score (nSPS) is 11.5. The molecule has 0 aliphatic rings. The smallest absolute Gasteiger partial charge is 0.264 e. The lowest BCUT2D eigenvalue weighted by molar-refractivity contribution is 0.583. The molecule has 3 aromatic rings. The molecule has 0 atom stereocenters. The summed E-state index contributed by atoms with van der Waals surface area (Å²) in [7, 11) is -3.61. The van der Waals surface area contributed by atoms with E-state index >= 15 is 0 Å². The molecule has 0 saturated heterocycles. The molecule has 0 spiro atoms. The van der Waals surface area contributed by atoms with Gasteiger partial charge in [-0.2, -0.15) is 5.10 Å². The fourth-order valence-electron chi connectivity index (χ4n) is 1.98. The maximum absolute atomic E-state index is 12.4. The van der Waals surface area contributed by atoms with E-state index in [2.05, 4.69) is 30.8 Å². The summed E-state index contributed by atoms with van der Waals surface area (Å²) < 4.78 is 28.5. The van der Waals surface area contributed by atoms with Crippen LogP contribution in [0.3, 0.4) is 0 Å². The van der Waals surface area contributed by atoms with Crippen LogP contribution >= 0.6 is 27.3 Å². The first-order valence-electron chi connectivity index (χ1n) is 6.84. The molecule has 2 aromatic heterocycles. The SMILES string of the molecule is O=c1ccc(-c2ccc(S(=O)(=O)NCc3cccc(Br)c3)s2)n[nH]1. The van der Waals surface area contributed by atoms with E-state index < -0.39 is 10.0 Å². The Balaban J connectivity index is 1.78. The molecule has 2 heterocycles. The molecule has 0 saturated carbocycles. The van der Waals surface area contributed by atoms with Crippen LogP contribution in [-0.4, -0.2) is 18.6 Å². The number of H-pyrrole nitrogens is 1. The molecule has 24 heavy (non-hydrogen) atoms. The van der Waals surface area contributed by atoms with Gasteiger partial charge in [-0.25, -0.2) is 18.2 Å². The van der Waals surface area contributed by atoms with Gasteiger partial charge in [-0.05, 0) is 35.9 Å². The standard InChI is InChI=1S/C15H12BrN3O3S2/c16-11-3-1-2-10(8-11)9-17-24(21,22)15-7-5-13(23-15)12-4-6-14(20)19-18-12/h1-8,17H,9H2,(H,19,20). The van der Waals surface area contributed by atoms with Crippen LogP contribution < -0.4 is 10.3 Å². The maximum Gasteiger partial charge on any atom is 0.264 e. The molecule has 0 aliphatic carbocycles. The summed E-state index contributed by atoms with van der Waals surface area (Å²) >= 11 is 4.45. The molecule has 6 nitrogen and oxygen atoms in total. The monoisotopic (exact) mass is 425 g/mol. The second-order valence-electron chi connectivity index (χ2n) is 4.88. The fourth-order valence-corrected chi connectivity index (χ4v) is 4.77. The van der Waals surface area contributed by atoms with Crippen molar-refractivity contribution in [2.24, 2.45) is 0 Å². The van der Waals surface area contributed by atoms with Gasteiger partial charge in [0.15, 0.2) is 0 Å². The first-order chi connectivity index (χ1) is 11.4. The summed E-state index contributed by atoms with van der Waals surface area (Å²) in [6.45, 7) is 0.200. The van der Waals surface area contributed by atoms with Crippen LogP contribution in [0, 0.1) is 0 Å². The molecule has 0 fully saturated rings. The van der Waals surface area contributed by atoms with Gasteiger partial charge in [0.2, 0.25) is 10.0 Å². The van der Waals surface area contributed by atoms with Crippen LogP contribution in [0.1, 0.15) is 5.56 Å². The number of thiophene rings is 1. The lowest BCUT2D eigenvalue weighted by atomic mass is 10.2. The summed E-state index contributed by atoms with van der Waals surface area (Å²) in [4.78, 5) is 11.7. The van der Waals surface area contributed by atoms with Gasteiger partial charge in [0.25, 0.3) is 5.56 Å². The highest BCUT2D eigenvalue weighted by atomic mass is 79.9. The number of hydrogen-bond acceptors (Lipinski definition) is 5. The lowest BCUT2D eigenvalue weighted by Crippen LogP contribution is -2.22. The summed E-state index contributed by atoms with van der Waals surface area (Å²) in [5, 5.41) is 6.23. The molecule has 0 radical (unpaired) electrons. The van der Waals surface area contributed by atoms with Crippen LogP contribution in [0.25, 0.3) is 10.6 Å². The van der Waals surface area contributed by atoms with Crippen LogP contribution in [0.5, 0.6) is 0 Å². The van der Waals surface area contributed by atoms with Gasteiger partial charge < -0.3 is 0 Å². The largest absolute Gasteiger partial charge is 0.268 e. The average Bonchev–Trinajstić information content (AvgIpc) is 3.05. The number of nitrogens with zero attached hydrogens (tertiary/aromatic N) is 1. The molecule has 1 aromatic carbocycles. The number of benzene rings is 1. The van der Waals surface area contributed by atoms with Crippen molar-refractivity contribution in [2.75, 3.05) is 0 Å². The first kappa shape index (κ1) is 17.0. The molecule has 124 valence electrons. The fraction of sp³-hybridized carbons (Fsp3) is 0.0667. The minimum Gasteiger partial charge on any atom is -0.268 e. The number of nitrogens with one attached hydrogen (secondary N) is 2. The molecular weight excluding hydrogens is 414 g/mol. The van der Waals surface area contributed by atoms with Crippen molar-refractivity contribution in [3.05, 3.63) is 68.9 Å². The zero-order chi connectivity index (χ0) is 17.2. The number of aromatic nitrogens is 2. The number of aromatic amines is 1. The van der Waals surface area contributed by atoms with E-state index in [0.717, 1.165) is 21.4 Å². The minimum atomic E-state index is -3.61. The summed E-state index contributed by atoms with van der Waals surface area (Å²) in [5.74, 6) is 0. The molecule has 9 heteroatoms. The van der Waals surface area contributed by atoms with Crippen LogP contribution in [0.4, 0.5) is 0 Å². The highest BCUT2D eigenvalue weighted by Crippen LogP contribution is 2.28.